The fourth-order valence-corrected chi connectivity index (χ4v) is 2.41. The lowest BCUT2D eigenvalue weighted by Crippen LogP contribution is -2.35. The van der Waals surface area contributed by atoms with Crippen molar-refractivity contribution in [3.8, 4) is 0 Å². The Balaban J connectivity index is 1.81. The Hall–Kier alpha value is -1.72. The minimum atomic E-state index is -0.613. The summed E-state index contributed by atoms with van der Waals surface area (Å²) < 4.78 is 0. The lowest BCUT2D eigenvalue weighted by molar-refractivity contribution is -0.122. The van der Waals surface area contributed by atoms with Gasteiger partial charge in [0.05, 0.1) is 10.7 Å². The lowest BCUT2D eigenvalue weighted by atomic mass is 10.1. The fourth-order valence-electron chi connectivity index (χ4n) is 1.76. The van der Waals surface area contributed by atoms with E-state index in [1.165, 1.54) is 0 Å². The first-order chi connectivity index (χ1) is 9.16. The van der Waals surface area contributed by atoms with Crippen LogP contribution in [-0.2, 0) is 11.2 Å². The van der Waals surface area contributed by atoms with E-state index in [1.807, 2.05) is 42.6 Å². The Morgan fingerprint density at radius 2 is 2.16 bits per heavy atom. The Bertz CT molecular complexity index is 539. The molecule has 0 aliphatic heterocycles. The van der Waals surface area contributed by atoms with E-state index >= 15 is 0 Å². The van der Waals surface area contributed by atoms with Crippen molar-refractivity contribution < 1.29 is 4.79 Å². The largest absolute Gasteiger partial charge is 0.354 e. The van der Waals surface area contributed by atoms with Gasteiger partial charge in [0, 0.05) is 18.3 Å². The quantitative estimate of drug-likeness (QED) is 0.874. The van der Waals surface area contributed by atoms with Crippen molar-refractivity contribution >= 4 is 17.2 Å². The zero-order valence-electron chi connectivity index (χ0n) is 10.8. The van der Waals surface area contributed by atoms with Gasteiger partial charge in [-0.1, -0.05) is 30.3 Å². The van der Waals surface area contributed by atoms with Crippen LogP contribution < -0.4 is 11.1 Å². The van der Waals surface area contributed by atoms with E-state index in [0.717, 1.165) is 22.7 Å². The summed E-state index contributed by atoms with van der Waals surface area (Å²) in [6, 6.07) is 8.75. The summed E-state index contributed by atoms with van der Waals surface area (Å²) in [5.41, 5.74) is 7.73. The third kappa shape index (κ3) is 3.87. The van der Waals surface area contributed by atoms with Gasteiger partial charge in [0.25, 0.3) is 0 Å². The van der Waals surface area contributed by atoms with E-state index < -0.39 is 6.04 Å². The lowest BCUT2D eigenvalue weighted by Gasteiger charge is -2.12. The van der Waals surface area contributed by atoms with Gasteiger partial charge in [-0.2, -0.15) is 0 Å². The van der Waals surface area contributed by atoms with Crippen LogP contribution in [0.25, 0.3) is 0 Å². The first-order valence-electron chi connectivity index (χ1n) is 6.16. The molecule has 100 valence electrons. The number of thiazole rings is 1. The van der Waals surface area contributed by atoms with Gasteiger partial charge in [-0.05, 0) is 12.5 Å². The molecular formula is C14H17N3OS. The molecule has 0 bridgehead atoms. The molecule has 5 heteroatoms. The molecule has 1 aromatic carbocycles. The van der Waals surface area contributed by atoms with Gasteiger partial charge in [-0.15, -0.1) is 11.3 Å². The van der Waals surface area contributed by atoms with Crippen LogP contribution in [0.2, 0.25) is 0 Å². The number of aryl methyl sites for hydroxylation is 1. The second-order valence-electron chi connectivity index (χ2n) is 4.29. The van der Waals surface area contributed by atoms with E-state index in [4.69, 9.17) is 5.73 Å². The predicted octanol–water partition coefficient (Wildman–Crippen LogP) is 1.81. The number of rotatable bonds is 5. The molecule has 1 atom stereocenters. The maximum absolute atomic E-state index is 11.9. The number of amides is 1. The maximum Gasteiger partial charge on any atom is 0.241 e. The molecule has 0 saturated carbocycles. The second-order valence-corrected chi connectivity index (χ2v) is 5.35. The highest BCUT2D eigenvalue weighted by atomic mass is 32.1. The average molecular weight is 275 g/mol. The molecule has 2 rings (SSSR count). The first kappa shape index (κ1) is 13.7. The highest BCUT2D eigenvalue weighted by Gasteiger charge is 2.14. The van der Waals surface area contributed by atoms with Crippen molar-refractivity contribution in [1.82, 2.24) is 10.3 Å². The third-order valence-corrected chi connectivity index (χ3v) is 3.61. The molecule has 1 heterocycles. The number of nitrogens with two attached hydrogens (primary N) is 1. The van der Waals surface area contributed by atoms with Crippen molar-refractivity contribution in [2.45, 2.75) is 19.4 Å². The van der Waals surface area contributed by atoms with Crippen LogP contribution >= 0.6 is 11.3 Å². The molecule has 4 nitrogen and oxygen atoms in total. The molecule has 1 aromatic heterocycles. The van der Waals surface area contributed by atoms with Gasteiger partial charge in [-0.3, -0.25) is 4.79 Å². The van der Waals surface area contributed by atoms with Crippen LogP contribution in [0.3, 0.4) is 0 Å². The Morgan fingerprint density at radius 3 is 2.79 bits per heavy atom. The van der Waals surface area contributed by atoms with Crippen molar-refractivity contribution in [2.75, 3.05) is 6.54 Å². The monoisotopic (exact) mass is 275 g/mol. The Kier molecular flexibility index (Phi) is 4.65. The first-order valence-corrected chi connectivity index (χ1v) is 7.04. The second kappa shape index (κ2) is 6.45. The smallest absolute Gasteiger partial charge is 0.241 e. The van der Waals surface area contributed by atoms with Gasteiger partial charge < -0.3 is 11.1 Å². The predicted molar refractivity (Wildman–Crippen MR) is 76.9 cm³/mol. The van der Waals surface area contributed by atoms with Gasteiger partial charge in [-0.25, -0.2) is 4.98 Å². The third-order valence-electron chi connectivity index (χ3n) is 2.79. The van der Waals surface area contributed by atoms with E-state index in [1.54, 1.807) is 11.3 Å². The molecule has 19 heavy (non-hydrogen) atoms. The number of nitrogens with one attached hydrogen (secondary N) is 1. The van der Waals surface area contributed by atoms with E-state index in [-0.39, 0.29) is 5.91 Å². The molecule has 0 fully saturated rings. The molecule has 1 amide bonds. The number of nitrogens with zero attached hydrogens (tertiary/aromatic N) is 1. The summed E-state index contributed by atoms with van der Waals surface area (Å²) in [5, 5.41) is 5.90. The van der Waals surface area contributed by atoms with Crippen LogP contribution in [0.15, 0.2) is 35.7 Å². The van der Waals surface area contributed by atoms with Crippen LogP contribution in [-0.4, -0.2) is 17.4 Å². The van der Waals surface area contributed by atoms with Gasteiger partial charge in [0.1, 0.15) is 6.04 Å². The zero-order chi connectivity index (χ0) is 13.7. The number of aromatic nitrogens is 1. The van der Waals surface area contributed by atoms with Crippen LogP contribution in [0.4, 0.5) is 0 Å². The van der Waals surface area contributed by atoms with Crippen molar-refractivity contribution in [3.63, 3.8) is 0 Å². The number of benzene rings is 1. The molecule has 3 N–H and O–H groups in total. The van der Waals surface area contributed by atoms with Crippen LogP contribution in [0.5, 0.6) is 0 Å². The van der Waals surface area contributed by atoms with Crippen molar-refractivity contribution in [3.05, 3.63) is 52.0 Å². The number of carbonyl (C=O) groups excluding carboxylic acids is 1. The highest BCUT2D eigenvalue weighted by Crippen LogP contribution is 2.10. The average Bonchev–Trinajstić information content (AvgIpc) is 2.84. The normalized spacial score (nSPS) is 12.1. The summed E-state index contributed by atoms with van der Waals surface area (Å²) in [7, 11) is 0. The van der Waals surface area contributed by atoms with Gasteiger partial charge in [0.15, 0.2) is 0 Å². The van der Waals surface area contributed by atoms with Crippen LogP contribution in [0.1, 0.15) is 22.3 Å². The summed E-state index contributed by atoms with van der Waals surface area (Å²) >= 11 is 1.62. The molecule has 2 aromatic rings. The molecule has 0 aliphatic rings. The minimum absolute atomic E-state index is 0.154. The summed E-state index contributed by atoms with van der Waals surface area (Å²) in [5.74, 6) is -0.154. The molecule has 1 unspecified atom stereocenters. The summed E-state index contributed by atoms with van der Waals surface area (Å²) in [6.07, 6.45) is 0.734. The topological polar surface area (TPSA) is 68.0 Å². The maximum atomic E-state index is 11.9. The number of hydrogen-bond donors (Lipinski definition) is 2. The van der Waals surface area contributed by atoms with Gasteiger partial charge >= 0.3 is 0 Å². The summed E-state index contributed by atoms with van der Waals surface area (Å²) in [6.45, 7) is 2.53. The molecular weight excluding hydrogens is 258 g/mol. The summed E-state index contributed by atoms with van der Waals surface area (Å²) in [4.78, 5) is 16.2. The SMILES string of the molecule is Cc1nc(CCNC(=O)C(N)c2ccccc2)cs1. The van der Waals surface area contributed by atoms with E-state index in [0.29, 0.717) is 6.54 Å². The minimum Gasteiger partial charge on any atom is -0.354 e. The highest BCUT2D eigenvalue weighted by molar-refractivity contribution is 7.09. The fraction of sp³-hybridized carbons (Fsp3) is 0.286. The number of hydrogen-bond acceptors (Lipinski definition) is 4. The van der Waals surface area contributed by atoms with Gasteiger partial charge in [0.2, 0.25) is 5.91 Å². The molecule has 0 radical (unpaired) electrons. The Morgan fingerprint density at radius 1 is 1.42 bits per heavy atom. The molecule has 0 aliphatic carbocycles. The zero-order valence-corrected chi connectivity index (χ0v) is 11.6. The van der Waals surface area contributed by atoms with Crippen molar-refractivity contribution in [1.29, 1.82) is 0 Å². The van der Waals surface area contributed by atoms with Crippen LogP contribution in [0, 0.1) is 6.92 Å². The Labute approximate surface area is 116 Å². The number of carbonyl (C=O) groups is 1. The van der Waals surface area contributed by atoms with Crippen molar-refractivity contribution in [2.24, 2.45) is 5.73 Å². The molecule has 0 spiro atoms. The standard InChI is InChI=1S/C14H17N3OS/c1-10-17-12(9-19-10)7-8-16-14(18)13(15)11-5-3-2-4-6-11/h2-6,9,13H,7-8,15H2,1H3,(H,16,18). The van der Waals surface area contributed by atoms with E-state index in [9.17, 15) is 4.79 Å². The van der Waals surface area contributed by atoms with E-state index in [2.05, 4.69) is 10.3 Å². The molecule has 0 saturated heterocycles.